The van der Waals surface area contributed by atoms with Crippen LogP contribution in [-0.2, 0) is 0 Å². The van der Waals surface area contributed by atoms with E-state index in [1.54, 1.807) is 0 Å². The standard InChI is InChI=1S/C17H38NO2/c1-4-5-6-7-8-9-10-11-12-13-15-18(2,3)16-14-17(19)20/h17,19-20H,4-16H2,1-3H3/q+1. The summed E-state index contributed by atoms with van der Waals surface area (Å²) in [4.78, 5) is 0. The van der Waals surface area contributed by atoms with Crippen LogP contribution in [0.15, 0.2) is 0 Å². The molecule has 0 bridgehead atoms. The monoisotopic (exact) mass is 288 g/mol. The molecule has 0 saturated carbocycles. The lowest BCUT2D eigenvalue weighted by atomic mass is 10.1. The van der Waals surface area contributed by atoms with Gasteiger partial charge in [-0.2, -0.15) is 0 Å². The van der Waals surface area contributed by atoms with Crippen molar-refractivity contribution in [2.75, 3.05) is 27.2 Å². The van der Waals surface area contributed by atoms with Crippen LogP contribution in [0.2, 0.25) is 0 Å². The van der Waals surface area contributed by atoms with Gasteiger partial charge in [-0.1, -0.05) is 58.3 Å². The van der Waals surface area contributed by atoms with Gasteiger partial charge in [0.1, 0.15) is 0 Å². The van der Waals surface area contributed by atoms with Crippen molar-refractivity contribution in [3.8, 4) is 0 Å². The largest absolute Gasteiger partial charge is 0.368 e. The van der Waals surface area contributed by atoms with E-state index in [0.29, 0.717) is 6.42 Å². The molecule has 20 heavy (non-hydrogen) atoms. The molecule has 0 aromatic carbocycles. The predicted octanol–water partition coefficient (Wildman–Crippen LogP) is 3.68. The number of hydrogen-bond acceptors (Lipinski definition) is 2. The minimum absolute atomic E-state index is 0.477. The quantitative estimate of drug-likeness (QED) is 0.291. The number of nitrogens with zero attached hydrogens (tertiary/aromatic N) is 1. The summed E-state index contributed by atoms with van der Waals surface area (Å²) in [5, 5.41) is 17.8. The average Bonchev–Trinajstić information content (AvgIpc) is 2.39. The van der Waals surface area contributed by atoms with Crippen LogP contribution in [0, 0.1) is 0 Å². The van der Waals surface area contributed by atoms with Crippen molar-refractivity contribution < 1.29 is 14.7 Å². The summed E-state index contributed by atoms with van der Waals surface area (Å²) in [5.74, 6) is 0. The topological polar surface area (TPSA) is 40.5 Å². The van der Waals surface area contributed by atoms with Crippen LogP contribution in [0.4, 0.5) is 0 Å². The Labute approximate surface area is 126 Å². The molecule has 2 N–H and O–H groups in total. The van der Waals surface area contributed by atoms with E-state index in [1.165, 1.54) is 64.2 Å². The molecule has 0 aliphatic rings. The summed E-state index contributed by atoms with van der Waals surface area (Å²) in [6.45, 7) is 4.25. The van der Waals surface area contributed by atoms with Gasteiger partial charge in [0.25, 0.3) is 0 Å². The van der Waals surface area contributed by atoms with Crippen LogP contribution in [0.3, 0.4) is 0 Å². The smallest absolute Gasteiger partial charge is 0.156 e. The van der Waals surface area contributed by atoms with Crippen LogP contribution in [0.25, 0.3) is 0 Å². The zero-order chi connectivity index (χ0) is 15.3. The third-order valence-corrected chi connectivity index (χ3v) is 4.11. The molecule has 122 valence electrons. The summed E-state index contributed by atoms with van der Waals surface area (Å²) >= 11 is 0. The number of rotatable bonds is 14. The molecule has 0 aromatic rings. The molecule has 0 saturated heterocycles. The Hall–Kier alpha value is -0.120. The molecule has 0 aliphatic carbocycles. The summed E-state index contributed by atoms with van der Waals surface area (Å²) in [6, 6.07) is 0. The first-order chi connectivity index (χ1) is 9.48. The molecule has 0 aromatic heterocycles. The number of aliphatic hydroxyl groups excluding tert-OH is 1. The molecule has 0 radical (unpaired) electrons. The molecule has 3 heteroatoms. The number of unbranched alkanes of at least 4 members (excludes halogenated alkanes) is 9. The zero-order valence-electron chi connectivity index (χ0n) is 14.1. The molecule has 0 amide bonds. The van der Waals surface area contributed by atoms with Crippen molar-refractivity contribution in [2.24, 2.45) is 0 Å². The van der Waals surface area contributed by atoms with Crippen LogP contribution < -0.4 is 0 Å². The first-order valence-corrected chi connectivity index (χ1v) is 8.66. The molecule has 0 aliphatic heterocycles. The second kappa shape index (κ2) is 12.6. The molecule has 3 nitrogen and oxygen atoms in total. The van der Waals surface area contributed by atoms with Crippen molar-refractivity contribution in [1.82, 2.24) is 0 Å². The lowest BCUT2D eigenvalue weighted by Gasteiger charge is -2.30. The zero-order valence-corrected chi connectivity index (χ0v) is 14.1. The third-order valence-electron chi connectivity index (χ3n) is 4.11. The number of aliphatic hydroxyl groups is 2. The summed E-state index contributed by atoms with van der Waals surface area (Å²) in [6.07, 6.45) is 13.0. The summed E-state index contributed by atoms with van der Waals surface area (Å²) in [5.41, 5.74) is 0. The van der Waals surface area contributed by atoms with Gasteiger partial charge in [0.2, 0.25) is 0 Å². The Morgan fingerprint density at radius 1 is 0.700 bits per heavy atom. The summed E-state index contributed by atoms with van der Waals surface area (Å²) < 4.78 is 0.897. The molecule has 0 fully saturated rings. The van der Waals surface area contributed by atoms with Gasteiger partial charge < -0.3 is 14.7 Å². The van der Waals surface area contributed by atoms with Crippen molar-refractivity contribution in [3.63, 3.8) is 0 Å². The van der Waals surface area contributed by atoms with Crippen LogP contribution in [0.5, 0.6) is 0 Å². The maximum Gasteiger partial charge on any atom is 0.156 e. The van der Waals surface area contributed by atoms with Gasteiger partial charge in [-0.05, 0) is 12.8 Å². The molecular weight excluding hydrogens is 250 g/mol. The van der Waals surface area contributed by atoms with Gasteiger partial charge in [-0.25, -0.2) is 0 Å². The maximum absolute atomic E-state index is 8.91. The summed E-state index contributed by atoms with van der Waals surface area (Å²) in [7, 11) is 4.35. The molecular formula is C17H38NO2+. The van der Waals surface area contributed by atoms with Gasteiger partial charge >= 0.3 is 0 Å². The highest BCUT2D eigenvalue weighted by molar-refractivity contribution is 4.48. The number of hydrogen-bond donors (Lipinski definition) is 2. The lowest BCUT2D eigenvalue weighted by molar-refractivity contribution is -0.891. The van der Waals surface area contributed by atoms with Gasteiger partial charge in [0, 0.05) is 6.42 Å². The molecule has 0 unspecified atom stereocenters. The lowest BCUT2D eigenvalue weighted by Crippen LogP contribution is -2.42. The van der Waals surface area contributed by atoms with Gasteiger partial charge in [0.05, 0.1) is 27.2 Å². The molecule has 0 spiro atoms. The predicted molar refractivity (Wildman–Crippen MR) is 86.5 cm³/mol. The third kappa shape index (κ3) is 14.3. The van der Waals surface area contributed by atoms with Crippen molar-refractivity contribution >= 4 is 0 Å². The number of quaternary nitrogens is 1. The van der Waals surface area contributed by atoms with E-state index < -0.39 is 6.29 Å². The van der Waals surface area contributed by atoms with E-state index in [1.807, 2.05) is 0 Å². The highest BCUT2D eigenvalue weighted by Crippen LogP contribution is 2.12. The Balaban J connectivity index is 3.30. The van der Waals surface area contributed by atoms with Crippen molar-refractivity contribution in [1.29, 1.82) is 0 Å². The maximum atomic E-state index is 8.91. The van der Waals surface area contributed by atoms with E-state index in [0.717, 1.165) is 17.6 Å². The Bertz CT molecular complexity index is 205. The minimum atomic E-state index is -1.15. The highest BCUT2D eigenvalue weighted by Gasteiger charge is 2.15. The van der Waals surface area contributed by atoms with E-state index in [-0.39, 0.29) is 0 Å². The first kappa shape index (κ1) is 19.9. The molecule has 0 rings (SSSR count). The van der Waals surface area contributed by atoms with Crippen molar-refractivity contribution in [2.45, 2.75) is 83.8 Å². The fraction of sp³-hybridized carbons (Fsp3) is 1.00. The van der Waals surface area contributed by atoms with E-state index >= 15 is 0 Å². The second-order valence-corrected chi connectivity index (χ2v) is 6.83. The van der Waals surface area contributed by atoms with Crippen molar-refractivity contribution in [3.05, 3.63) is 0 Å². The highest BCUT2D eigenvalue weighted by atomic mass is 16.5. The SMILES string of the molecule is CCCCCCCCCCCC[N+](C)(C)CCC(O)O. The van der Waals surface area contributed by atoms with E-state index in [2.05, 4.69) is 21.0 Å². The Kier molecular flexibility index (Phi) is 12.5. The van der Waals surface area contributed by atoms with Crippen LogP contribution in [-0.4, -0.2) is 48.2 Å². The van der Waals surface area contributed by atoms with E-state index in [9.17, 15) is 0 Å². The second-order valence-electron chi connectivity index (χ2n) is 6.83. The Morgan fingerprint density at radius 2 is 1.15 bits per heavy atom. The van der Waals surface area contributed by atoms with Gasteiger partial charge in [-0.15, -0.1) is 0 Å². The fourth-order valence-corrected chi connectivity index (χ4v) is 2.60. The molecule has 0 atom stereocenters. The first-order valence-electron chi connectivity index (χ1n) is 8.66. The fourth-order valence-electron chi connectivity index (χ4n) is 2.60. The Morgan fingerprint density at radius 3 is 1.60 bits per heavy atom. The minimum Gasteiger partial charge on any atom is -0.368 e. The van der Waals surface area contributed by atoms with Gasteiger partial charge in [0.15, 0.2) is 6.29 Å². The normalized spacial score (nSPS) is 12.3. The van der Waals surface area contributed by atoms with Crippen LogP contribution >= 0.6 is 0 Å². The van der Waals surface area contributed by atoms with E-state index in [4.69, 9.17) is 10.2 Å². The molecule has 0 heterocycles. The van der Waals surface area contributed by atoms with Crippen LogP contribution in [0.1, 0.15) is 77.6 Å². The van der Waals surface area contributed by atoms with Gasteiger partial charge in [-0.3, -0.25) is 0 Å². The average molecular weight is 288 g/mol.